The Balaban J connectivity index is 1.22. The summed E-state index contributed by atoms with van der Waals surface area (Å²) < 4.78 is 5.88. The maximum Gasteiger partial charge on any atom is 0.234 e. The predicted molar refractivity (Wildman–Crippen MR) is 114 cm³/mol. The first kappa shape index (κ1) is 19.9. The lowest BCUT2D eigenvalue weighted by Crippen LogP contribution is -2.50. The molecule has 1 aliphatic carbocycles. The summed E-state index contributed by atoms with van der Waals surface area (Å²) in [6.07, 6.45) is 2.32. The first-order chi connectivity index (χ1) is 15.0. The summed E-state index contributed by atoms with van der Waals surface area (Å²) in [5.74, 6) is 1.07. The van der Waals surface area contributed by atoms with Crippen LogP contribution in [0.2, 0.25) is 5.02 Å². The van der Waals surface area contributed by atoms with E-state index < -0.39 is 0 Å². The zero-order valence-electron chi connectivity index (χ0n) is 17.0. The van der Waals surface area contributed by atoms with Gasteiger partial charge in [0.25, 0.3) is 0 Å². The van der Waals surface area contributed by atoms with Gasteiger partial charge >= 0.3 is 0 Å². The Morgan fingerprint density at radius 3 is 2.68 bits per heavy atom. The van der Waals surface area contributed by atoms with Gasteiger partial charge in [0, 0.05) is 55.8 Å². The lowest BCUT2D eigenvalue weighted by Gasteiger charge is -2.35. The highest BCUT2D eigenvalue weighted by Crippen LogP contribution is 2.41. The van der Waals surface area contributed by atoms with Gasteiger partial charge in [-0.1, -0.05) is 17.7 Å². The molecule has 0 radical (unpaired) electrons. The molecular weight excluding hydrogens is 418 g/mol. The Labute approximate surface area is 185 Å². The topological polar surface area (TPSA) is 93.7 Å². The Hall–Kier alpha value is -3.05. The molecule has 9 heteroatoms. The van der Waals surface area contributed by atoms with Gasteiger partial charge in [0.05, 0.1) is 5.92 Å². The molecule has 3 aliphatic rings. The van der Waals surface area contributed by atoms with Gasteiger partial charge in [-0.15, -0.1) is 0 Å². The molecule has 1 saturated carbocycles. The van der Waals surface area contributed by atoms with E-state index in [-0.39, 0.29) is 24.2 Å². The van der Waals surface area contributed by atoms with Crippen molar-refractivity contribution in [3.8, 4) is 6.07 Å². The lowest BCUT2D eigenvalue weighted by atomic mass is 10.1. The standard InChI is InChI=1S/C22H22ClN5O3/c23-16-2-1-3-17(11-16)28-13-15(10-19(28)29)21(30)26-6-8-27(9-7-26)22-18(12-24)25-20(31-22)14-4-5-14/h1-3,11,14-15H,4-10,13H2. The van der Waals surface area contributed by atoms with Gasteiger partial charge in [-0.05, 0) is 31.0 Å². The van der Waals surface area contributed by atoms with E-state index in [2.05, 4.69) is 11.1 Å². The number of piperazine rings is 1. The van der Waals surface area contributed by atoms with Crippen molar-refractivity contribution in [2.45, 2.75) is 25.2 Å². The van der Waals surface area contributed by atoms with E-state index in [1.807, 2.05) is 11.0 Å². The van der Waals surface area contributed by atoms with Crippen LogP contribution in [0.1, 0.15) is 36.8 Å². The normalized spacial score (nSPS) is 21.5. The quantitative estimate of drug-likeness (QED) is 0.727. The fraction of sp³-hybridized carbons (Fsp3) is 0.455. The van der Waals surface area contributed by atoms with Gasteiger partial charge in [-0.3, -0.25) is 9.59 Å². The Bertz CT molecular complexity index is 1070. The number of benzene rings is 1. The Morgan fingerprint density at radius 2 is 2.00 bits per heavy atom. The molecule has 2 amide bonds. The van der Waals surface area contributed by atoms with E-state index in [9.17, 15) is 14.9 Å². The molecule has 1 aromatic carbocycles. The number of rotatable bonds is 4. The van der Waals surface area contributed by atoms with E-state index in [0.29, 0.717) is 61.1 Å². The van der Waals surface area contributed by atoms with Crippen LogP contribution in [0, 0.1) is 17.2 Å². The monoisotopic (exact) mass is 439 g/mol. The van der Waals surface area contributed by atoms with Crippen LogP contribution in [0.4, 0.5) is 11.6 Å². The number of oxazole rings is 1. The third-order valence-corrected chi connectivity index (χ3v) is 6.37. The average molecular weight is 440 g/mol. The number of amides is 2. The first-order valence-corrected chi connectivity index (χ1v) is 10.9. The van der Waals surface area contributed by atoms with Crippen LogP contribution in [-0.4, -0.2) is 54.4 Å². The van der Waals surface area contributed by atoms with Gasteiger partial charge < -0.3 is 19.1 Å². The molecule has 8 nitrogen and oxygen atoms in total. The summed E-state index contributed by atoms with van der Waals surface area (Å²) in [5.41, 5.74) is 1.04. The van der Waals surface area contributed by atoms with Crippen molar-refractivity contribution in [2.75, 3.05) is 42.5 Å². The molecule has 3 heterocycles. The third-order valence-electron chi connectivity index (χ3n) is 6.13. The molecule has 5 rings (SSSR count). The molecule has 1 atom stereocenters. The summed E-state index contributed by atoms with van der Waals surface area (Å²) in [6, 6.07) is 9.25. The Morgan fingerprint density at radius 1 is 1.23 bits per heavy atom. The van der Waals surface area contributed by atoms with Crippen molar-refractivity contribution >= 4 is 35.0 Å². The molecule has 160 valence electrons. The highest BCUT2D eigenvalue weighted by molar-refractivity contribution is 6.31. The molecule has 2 aromatic rings. The fourth-order valence-electron chi connectivity index (χ4n) is 4.27. The Kier molecular flexibility index (Phi) is 5.06. The number of hydrogen-bond donors (Lipinski definition) is 0. The molecule has 0 spiro atoms. The number of halogens is 1. The molecular formula is C22H22ClN5O3. The largest absolute Gasteiger partial charge is 0.423 e. The summed E-state index contributed by atoms with van der Waals surface area (Å²) in [6.45, 7) is 2.54. The van der Waals surface area contributed by atoms with Crippen LogP contribution in [0.15, 0.2) is 28.7 Å². The van der Waals surface area contributed by atoms with Crippen LogP contribution in [-0.2, 0) is 9.59 Å². The van der Waals surface area contributed by atoms with Crippen molar-refractivity contribution in [1.82, 2.24) is 9.88 Å². The first-order valence-electron chi connectivity index (χ1n) is 10.5. The van der Waals surface area contributed by atoms with Crippen LogP contribution in [0.3, 0.4) is 0 Å². The molecule has 31 heavy (non-hydrogen) atoms. The second-order valence-electron chi connectivity index (χ2n) is 8.29. The van der Waals surface area contributed by atoms with E-state index in [4.69, 9.17) is 16.0 Å². The minimum Gasteiger partial charge on any atom is -0.423 e. The molecule has 0 N–H and O–H groups in total. The van der Waals surface area contributed by atoms with Gasteiger partial charge in [-0.2, -0.15) is 5.26 Å². The molecule has 2 aliphatic heterocycles. The van der Waals surface area contributed by atoms with Crippen molar-refractivity contribution < 1.29 is 14.0 Å². The zero-order chi connectivity index (χ0) is 21.5. The number of carbonyl (C=O) groups excluding carboxylic acids is 2. The zero-order valence-corrected chi connectivity index (χ0v) is 17.7. The fourth-order valence-corrected chi connectivity index (χ4v) is 4.46. The van der Waals surface area contributed by atoms with Gasteiger partial charge in [0.15, 0.2) is 0 Å². The molecule has 1 aromatic heterocycles. The summed E-state index contributed by atoms with van der Waals surface area (Å²) in [7, 11) is 0. The van der Waals surface area contributed by atoms with Gasteiger partial charge in [0.1, 0.15) is 6.07 Å². The minimum atomic E-state index is -0.362. The van der Waals surface area contributed by atoms with E-state index in [0.717, 1.165) is 18.5 Å². The highest BCUT2D eigenvalue weighted by Gasteiger charge is 2.39. The molecule has 3 fully saturated rings. The summed E-state index contributed by atoms with van der Waals surface area (Å²) in [5, 5.41) is 9.96. The third kappa shape index (κ3) is 3.86. The lowest BCUT2D eigenvalue weighted by molar-refractivity contribution is -0.136. The van der Waals surface area contributed by atoms with Crippen molar-refractivity contribution in [2.24, 2.45) is 5.92 Å². The van der Waals surface area contributed by atoms with Crippen LogP contribution < -0.4 is 9.80 Å². The summed E-state index contributed by atoms with van der Waals surface area (Å²) >= 11 is 6.05. The van der Waals surface area contributed by atoms with Crippen LogP contribution >= 0.6 is 11.6 Å². The van der Waals surface area contributed by atoms with Gasteiger partial charge in [-0.25, -0.2) is 4.98 Å². The minimum absolute atomic E-state index is 0.00530. The number of aromatic nitrogens is 1. The number of carbonyl (C=O) groups is 2. The smallest absolute Gasteiger partial charge is 0.234 e. The number of nitrogens with zero attached hydrogens (tertiary/aromatic N) is 5. The van der Waals surface area contributed by atoms with Crippen LogP contribution in [0.5, 0.6) is 0 Å². The second kappa shape index (κ2) is 7.89. The SMILES string of the molecule is N#Cc1nc(C2CC2)oc1N1CCN(C(=O)C2CC(=O)N(c3cccc(Cl)c3)C2)CC1. The molecule has 2 saturated heterocycles. The number of nitriles is 1. The predicted octanol–water partition coefficient (Wildman–Crippen LogP) is 2.78. The molecule has 1 unspecified atom stereocenters. The maximum absolute atomic E-state index is 13.1. The van der Waals surface area contributed by atoms with Crippen molar-refractivity contribution in [1.29, 1.82) is 5.26 Å². The van der Waals surface area contributed by atoms with Gasteiger partial charge in [0.2, 0.25) is 29.3 Å². The van der Waals surface area contributed by atoms with E-state index in [1.54, 1.807) is 28.0 Å². The second-order valence-corrected chi connectivity index (χ2v) is 8.73. The van der Waals surface area contributed by atoms with Crippen molar-refractivity contribution in [3.63, 3.8) is 0 Å². The van der Waals surface area contributed by atoms with Crippen molar-refractivity contribution in [3.05, 3.63) is 40.9 Å². The number of hydrogen-bond acceptors (Lipinski definition) is 6. The summed E-state index contributed by atoms with van der Waals surface area (Å²) in [4.78, 5) is 35.3. The molecule has 0 bridgehead atoms. The number of anilines is 2. The average Bonchev–Trinajstić information content (AvgIpc) is 3.42. The van der Waals surface area contributed by atoms with E-state index in [1.165, 1.54) is 0 Å². The highest BCUT2D eigenvalue weighted by atomic mass is 35.5. The maximum atomic E-state index is 13.1. The van der Waals surface area contributed by atoms with E-state index >= 15 is 0 Å². The van der Waals surface area contributed by atoms with Crippen LogP contribution in [0.25, 0.3) is 0 Å².